The molecule has 0 aliphatic carbocycles. The monoisotopic (exact) mass is 167 g/mol. The lowest BCUT2D eigenvalue weighted by Crippen LogP contribution is -1.96. The van der Waals surface area contributed by atoms with Crippen molar-refractivity contribution in [1.82, 2.24) is 4.98 Å². The molecule has 3 heteroatoms. The molecule has 1 N–H and O–H groups in total. The standard InChI is InChI=1S/C9H13NO2/c1-2-3-4-12-9-5-8(11)6-10-7-9/h5-7,11H,2-4H2,1H3. The summed E-state index contributed by atoms with van der Waals surface area (Å²) >= 11 is 0. The molecule has 1 heterocycles. The van der Waals surface area contributed by atoms with Gasteiger partial charge in [-0.25, -0.2) is 0 Å². The predicted molar refractivity (Wildman–Crippen MR) is 46.3 cm³/mol. The van der Waals surface area contributed by atoms with Gasteiger partial charge in [-0.15, -0.1) is 0 Å². The highest BCUT2D eigenvalue weighted by Gasteiger charge is 1.94. The van der Waals surface area contributed by atoms with Crippen molar-refractivity contribution in [3.63, 3.8) is 0 Å². The molecule has 0 saturated carbocycles. The third-order valence-corrected chi connectivity index (χ3v) is 1.47. The molecular formula is C9H13NO2. The van der Waals surface area contributed by atoms with E-state index in [-0.39, 0.29) is 5.75 Å². The molecule has 12 heavy (non-hydrogen) atoms. The van der Waals surface area contributed by atoms with Gasteiger partial charge in [0.05, 0.1) is 19.0 Å². The van der Waals surface area contributed by atoms with Gasteiger partial charge in [-0.3, -0.25) is 4.98 Å². The summed E-state index contributed by atoms with van der Waals surface area (Å²) in [5.74, 6) is 0.771. The van der Waals surface area contributed by atoms with Crippen molar-refractivity contribution >= 4 is 0 Å². The maximum absolute atomic E-state index is 9.03. The molecule has 3 nitrogen and oxygen atoms in total. The van der Waals surface area contributed by atoms with E-state index >= 15 is 0 Å². The summed E-state index contributed by atoms with van der Waals surface area (Å²) in [5, 5.41) is 9.03. The third kappa shape index (κ3) is 2.78. The zero-order valence-corrected chi connectivity index (χ0v) is 7.16. The van der Waals surface area contributed by atoms with Gasteiger partial charge in [-0.05, 0) is 6.42 Å². The van der Waals surface area contributed by atoms with Crippen LogP contribution in [0.5, 0.6) is 11.5 Å². The molecule has 0 spiro atoms. The quantitative estimate of drug-likeness (QED) is 0.697. The van der Waals surface area contributed by atoms with Crippen LogP contribution in [0.15, 0.2) is 18.5 Å². The lowest BCUT2D eigenvalue weighted by atomic mass is 10.3. The molecule has 0 atom stereocenters. The van der Waals surface area contributed by atoms with Crippen molar-refractivity contribution in [2.45, 2.75) is 19.8 Å². The number of pyridine rings is 1. The molecule has 66 valence electrons. The maximum atomic E-state index is 9.03. The van der Waals surface area contributed by atoms with Crippen molar-refractivity contribution in [2.24, 2.45) is 0 Å². The molecule has 0 bridgehead atoms. The number of aromatic hydroxyl groups is 1. The van der Waals surface area contributed by atoms with Crippen LogP contribution in [0.1, 0.15) is 19.8 Å². The van der Waals surface area contributed by atoms with Gasteiger partial charge in [0.1, 0.15) is 11.5 Å². The molecule has 0 aliphatic rings. The van der Waals surface area contributed by atoms with Gasteiger partial charge >= 0.3 is 0 Å². The minimum atomic E-state index is 0.143. The first-order valence-corrected chi connectivity index (χ1v) is 4.09. The van der Waals surface area contributed by atoms with E-state index in [1.165, 1.54) is 6.20 Å². The molecule has 0 aliphatic heterocycles. The van der Waals surface area contributed by atoms with Crippen molar-refractivity contribution in [1.29, 1.82) is 0 Å². The van der Waals surface area contributed by atoms with Gasteiger partial charge in [0.15, 0.2) is 0 Å². The smallest absolute Gasteiger partial charge is 0.141 e. The average molecular weight is 167 g/mol. The normalized spacial score (nSPS) is 9.75. The molecule has 0 unspecified atom stereocenters. The molecule has 0 aromatic carbocycles. The van der Waals surface area contributed by atoms with Gasteiger partial charge in [0.2, 0.25) is 0 Å². The van der Waals surface area contributed by atoms with Crippen LogP contribution in [0.2, 0.25) is 0 Å². The van der Waals surface area contributed by atoms with Crippen molar-refractivity contribution < 1.29 is 9.84 Å². The van der Waals surface area contributed by atoms with Crippen LogP contribution in [-0.2, 0) is 0 Å². The third-order valence-electron chi connectivity index (χ3n) is 1.47. The number of aromatic nitrogens is 1. The molecule has 0 saturated heterocycles. The first-order chi connectivity index (χ1) is 5.83. The first-order valence-electron chi connectivity index (χ1n) is 4.09. The van der Waals surface area contributed by atoms with Crippen LogP contribution in [0.3, 0.4) is 0 Å². The van der Waals surface area contributed by atoms with Crippen LogP contribution in [0, 0.1) is 0 Å². The highest BCUT2D eigenvalue weighted by Crippen LogP contribution is 2.15. The Hall–Kier alpha value is -1.25. The van der Waals surface area contributed by atoms with E-state index < -0.39 is 0 Å². The Morgan fingerprint density at radius 1 is 1.50 bits per heavy atom. The predicted octanol–water partition coefficient (Wildman–Crippen LogP) is 1.97. The molecule has 1 aromatic rings. The van der Waals surface area contributed by atoms with E-state index in [4.69, 9.17) is 9.84 Å². The van der Waals surface area contributed by atoms with Crippen molar-refractivity contribution in [3.8, 4) is 11.5 Å². The van der Waals surface area contributed by atoms with Crippen LogP contribution in [0.4, 0.5) is 0 Å². The zero-order valence-electron chi connectivity index (χ0n) is 7.16. The van der Waals surface area contributed by atoms with Gasteiger partial charge in [0.25, 0.3) is 0 Å². The number of ether oxygens (including phenoxy) is 1. The summed E-state index contributed by atoms with van der Waals surface area (Å²) in [6.07, 6.45) is 5.10. The number of unbranched alkanes of at least 4 members (excludes halogenated alkanes) is 1. The van der Waals surface area contributed by atoms with E-state index in [0.717, 1.165) is 12.8 Å². The number of hydrogen-bond donors (Lipinski definition) is 1. The molecule has 0 radical (unpaired) electrons. The van der Waals surface area contributed by atoms with Crippen LogP contribution in [-0.4, -0.2) is 16.7 Å². The minimum absolute atomic E-state index is 0.143. The molecule has 0 fully saturated rings. The summed E-state index contributed by atoms with van der Waals surface area (Å²) in [7, 11) is 0. The fourth-order valence-electron chi connectivity index (χ4n) is 0.821. The number of rotatable bonds is 4. The average Bonchev–Trinajstić information content (AvgIpc) is 2.05. The Morgan fingerprint density at radius 3 is 3.00 bits per heavy atom. The van der Waals surface area contributed by atoms with Crippen LogP contribution >= 0.6 is 0 Å². The summed E-state index contributed by atoms with van der Waals surface area (Å²) in [5.41, 5.74) is 0. The van der Waals surface area contributed by atoms with Gasteiger partial charge < -0.3 is 9.84 Å². The fraction of sp³-hybridized carbons (Fsp3) is 0.444. The summed E-state index contributed by atoms with van der Waals surface area (Å²) in [6, 6.07) is 1.56. The van der Waals surface area contributed by atoms with E-state index in [1.807, 2.05) is 0 Å². The van der Waals surface area contributed by atoms with Gasteiger partial charge in [-0.2, -0.15) is 0 Å². The highest BCUT2D eigenvalue weighted by molar-refractivity contribution is 5.26. The molecule has 1 rings (SSSR count). The number of hydrogen-bond acceptors (Lipinski definition) is 3. The largest absolute Gasteiger partial charge is 0.506 e. The van der Waals surface area contributed by atoms with Crippen molar-refractivity contribution in [3.05, 3.63) is 18.5 Å². The molecular weight excluding hydrogens is 154 g/mol. The number of nitrogens with zero attached hydrogens (tertiary/aromatic N) is 1. The fourth-order valence-corrected chi connectivity index (χ4v) is 0.821. The topological polar surface area (TPSA) is 42.4 Å². The van der Waals surface area contributed by atoms with Crippen LogP contribution < -0.4 is 4.74 Å². The second-order valence-electron chi connectivity index (χ2n) is 2.58. The molecule has 0 amide bonds. The Bertz CT molecular complexity index is 238. The summed E-state index contributed by atoms with van der Waals surface area (Å²) in [6.45, 7) is 2.78. The van der Waals surface area contributed by atoms with E-state index in [1.54, 1.807) is 12.3 Å². The van der Waals surface area contributed by atoms with Crippen molar-refractivity contribution in [2.75, 3.05) is 6.61 Å². The highest BCUT2D eigenvalue weighted by atomic mass is 16.5. The van der Waals surface area contributed by atoms with Gasteiger partial charge in [0, 0.05) is 6.07 Å². The van der Waals surface area contributed by atoms with Gasteiger partial charge in [-0.1, -0.05) is 13.3 Å². The Morgan fingerprint density at radius 2 is 2.33 bits per heavy atom. The Kier molecular flexibility index (Phi) is 3.38. The SMILES string of the molecule is CCCCOc1cncc(O)c1. The minimum Gasteiger partial charge on any atom is -0.506 e. The summed E-state index contributed by atoms with van der Waals surface area (Å²) in [4.78, 5) is 3.79. The maximum Gasteiger partial charge on any atom is 0.141 e. The summed E-state index contributed by atoms with van der Waals surface area (Å²) < 4.78 is 5.30. The first kappa shape index (κ1) is 8.84. The van der Waals surface area contributed by atoms with E-state index in [9.17, 15) is 0 Å². The lowest BCUT2D eigenvalue weighted by Gasteiger charge is -2.03. The second-order valence-corrected chi connectivity index (χ2v) is 2.58. The van der Waals surface area contributed by atoms with E-state index in [2.05, 4.69) is 11.9 Å². The Balaban J connectivity index is 2.41. The van der Waals surface area contributed by atoms with E-state index in [0.29, 0.717) is 12.4 Å². The van der Waals surface area contributed by atoms with Crippen LogP contribution in [0.25, 0.3) is 0 Å². The Labute approximate surface area is 72.0 Å². The second kappa shape index (κ2) is 4.59. The molecule has 1 aromatic heterocycles. The zero-order chi connectivity index (χ0) is 8.81. The lowest BCUT2D eigenvalue weighted by molar-refractivity contribution is 0.306.